The molecular formula is C16H24ClNO. The molecule has 19 heavy (non-hydrogen) atoms. The van der Waals surface area contributed by atoms with E-state index in [-0.39, 0.29) is 0 Å². The molecule has 0 saturated carbocycles. The van der Waals surface area contributed by atoms with Crippen molar-refractivity contribution in [2.24, 2.45) is 5.92 Å². The molecule has 1 heterocycles. The molecule has 2 rings (SSSR count). The zero-order valence-corrected chi connectivity index (χ0v) is 12.7. The van der Waals surface area contributed by atoms with Gasteiger partial charge in [-0.1, -0.05) is 24.6 Å². The average molecular weight is 282 g/mol. The van der Waals surface area contributed by atoms with E-state index in [0.717, 1.165) is 30.7 Å². The van der Waals surface area contributed by atoms with E-state index in [1.54, 1.807) is 0 Å². The van der Waals surface area contributed by atoms with Crippen molar-refractivity contribution in [1.82, 2.24) is 5.32 Å². The smallest absolute Gasteiger partial charge is 0.0468 e. The highest BCUT2D eigenvalue weighted by Gasteiger charge is 2.21. The minimum atomic E-state index is 0.409. The fourth-order valence-electron chi connectivity index (χ4n) is 2.87. The number of hydrogen-bond acceptors (Lipinski definition) is 2. The average Bonchev–Trinajstić information content (AvgIpc) is 2.42. The van der Waals surface area contributed by atoms with E-state index in [1.165, 1.54) is 30.4 Å². The molecule has 3 heteroatoms. The van der Waals surface area contributed by atoms with Crippen LogP contribution in [0.1, 0.15) is 43.4 Å². The Hall–Kier alpha value is -0.570. The summed E-state index contributed by atoms with van der Waals surface area (Å²) in [6.45, 7) is 7.15. The van der Waals surface area contributed by atoms with Gasteiger partial charge in [-0.05, 0) is 61.9 Å². The number of benzene rings is 1. The maximum absolute atomic E-state index is 6.16. The van der Waals surface area contributed by atoms with Crippen molar-refractivity contribution >= 4 is 11.6 Å². The van der Waals surface area contributed by atoms with E-state index in [9.17, 15) is 0 Å². The van der Waals surface area contributed by atoms with Crippen LogP contribution in [0.4, 0.5) is 0 Å². The van der Waals surface area contributed by atoms with Gasteiger partial charge in [0.05, 0.1) is 0 Å². The van der Waals surface area contributed by atoms with E-state index >= 15 is 0 Å². The fraction of sp³-hybridized carbons (Fsp3) is 0.625. The predicted octanol–water partition coefficient (Wildman–Crippen LogP) is 4.12. The highest BCUT2D eigenvalue weighted by Crippen LogP contribution is 2.30. The van der Waals surface area contributed by atoms with Gasteiger partial charge >= 0.3 is 0 Å². The van der Waals surface area contributed by atoms with Gasteiger partial charge in [0, 0.05) is 24.3 Å². The van der Waals surface area contributed by atoms with Crippen LogP contribution in [-0.4, -0.2) is 19.8 Å². The van der Waals surface area contributed by atoms with Gasteiger partial charge in [0.1, 0.15) is 0 Å². The van der Waals surface area contributed by atoms with E-state index in [1.807, 2.05) is 6.07 Å². The van der Waals surface area contributed by atoms with Crippen molar-refractivity contribution in [3.05, 3.63) is 34.3 Å². The summed E-state index contributed by atoms with van der Waals surface area (Å²) in [6.07, 6.45) is 3.54. The lowest BCUT2D eigenvalue weighted by Gasteiger charge is -2.28. The number of halogens is 1. The fourth-order valence-corrected chi connectivity index (χ4v) is 3.05. The first-order valence-corrected chi connectivity index (χ1v) is 7.65. The molecule has 0 radical (unpaired) electrons. The van der Waals surface area contributed by atoms with Gasteiger partial charge in [0.2, 0.25) is 0 Å². The Kier molecular flexibility index (Phi) is 5.68. The minimum absolute atomic E-state index is 0.409. The highest BCUT2D eigenvalue weighted by atomic mass is 35.5. The van der Waals surface area contributed by atoms with Crippen molar-refractivity contribution in [3.63, 3.8) is 0 Å². The third-order valence-corrected chi connectivity index (χ3v) is 4.21. The summed E-state index contributed by atoms with van der Waals surface area (Å²) in [7, 11) is 0. The third kappa shape index (κ3) is 4.20. The second-order valence-electron chi connectivity index (χ2n) is 5.40. The maximum atomic E-state index is 6.16. The van der Waals surface area contributed by atoms with Crippen LogP contribution in [0.2, 0.25) is 5.02 Å². The molecule has 1 saturated heterocycles. The van der Waals surface area contributed by atoms with E-state index in [0.29, 0.717) is 6.04 Å². The lowest BCUT2D eigenvalue weighted by Crippen LogP contribution is -2.26. The molecule has 1 atom stereocenters. The van der Waals surface area contributed by atoms with Crippen molar-refractivity contribution in [2.45, 2.75) is 39.2 Å². The first-order chi connectivity index (χ1) is 9.20. The molecule has 1 aromatic rings. The molecule has 2 nitrogen and oxygen atoms in total. The van der Waals surface area contributed by atoms with Gasteiger partial charge in [-0.25, -0.2) is 0 Å². The molecule has 1 aromatic carbocycles. The van der Waals surface area contributed by atoms with Gasteiger partial charge in [-0.2, -0.15) is 0 Å². The lowest BCUT2D eigenvalue weighted by atomic mass is 9.88. The Balaban J connectivity index is 2.11. The van der Waals surface area contributed by atoms with Gasteiger partial charge in [-0.3, -0.25) is 0 Å². The zero-order chi connectivity index (χ0) is 13.7. The second kappa shape index (κ2) is 7.28. The van der Waals surface area contributed by atoms with Crippen LogP contribution in [0.5, 0.6) is 0 Å². The number of rotatable bonds is 5. The largest absolute Gasteiger partial charge is 0.381 e. The SMILES string of the molecule is CCNC(CC1CCOCC1)c1cc(Cl)ccc1C. The van der Waals surface area contributed by atoms with Crippen LogP contribution in [0.25, 0.3) is 0 Å². The summed E-state index contributed by atoms with van der Waals surface area (Å²) < 4.78 is 5.45. The summed E-state index contributed by atoms with van der Waals surface area (Å²) in [6, 6.07) is 6.61. The van der Waals surface area contributed by atoms with Gasteiger partial charge in [-0.15, -0.1) is 0 Å². The molecule has 1 N–H and O–H groups in total. The molecule has 1 fully saturated rings. The summed E-state index contributed by atoms with van der Waals surface area (Å²) in [5.74, 6) is 0.760. The van der Waals surface area contributed by atoms with Crippen molar-refractivity contribution < 1.29 is 4.74 Å². The molecule has 0 aromatic heterocycles. The third-order valence-electron chi connectivity index (χ3n) is 3.98. The van der Waals surface area contributed by atoms with Gasteiger partial charge in [0.15, 0.2) is 0 Å². The number of hydrogen-bond donors (Lipinski definition) is 1. The Morgan fingerprint density at radius 1 is 1.37 bits per heavy atom. The Morgan fingerprint density at radius 3 is 2.79 bits per heavy atom. The second-order valence-corrected chi connectivity index (χ2v) is 5.84. The zero-order valence-electron chi connectivity index (χ0n) is 11.9. The highest BCUT2D eigenvalue weighted by molar-refractivity contribution is 6.30. The van der Waals surface area contributed by atoms with Crippen LogP contribution in [0, 0.1) is 12.8 Å². The number of ether oxygens (including phenoxy) is 1. The first kappa shape index (κ1) is 14.8. The van der Waals surface area contributed by atoms with E-state index in [4.69, 9.17) is 16.3 Å². The molecule has 0 spiro atoms. The molecule has 1 aliphatic rings. The van der Waals surface area contributed by atoms with Gasteiger partial charge in [0.25, 0.3) is 0 Å². The number of nitrogens with one attached hydrogen (secondary N) is 1. The van der Waals surface area contributed by atoms with Gasteiger partial charge < -0.3 is 10.1 Å². The van der Waals surface area contributed by atoms with Crippen LogP contribution in [0.3, 0.4) is 0 Å². The Labute approximate surface area is 121 Å². The molecule has 0 amide bonds. The Morgan fingerprint density at radius 2 is 2.11 bits per heavy atom. The normalized spacial score (nSPS) is 18.5. The monoisotopic (exact) mass is 281 g/mol. The Bertz CT molecular complexity index is 402. The molecule has 1 aliphatic heterocycles. The number of aryl methyl sites for hydroxylation is 1. The molecular weight excluding hydrogens is 258 g/mol. The van der Waals surface area contributed by atoms with Crippen LogP contribution in [-0.2, 0) is 4.74 Å². The van der Waals surface area contributed by atoms with Crippen molar-refractivity contribution in [2.75, 3.05) is 19.8 Å². The van der Waals surface area contributed by atoms with E-state index < -0.39 is 0 Å². The molecule has 0 aliphatic carbocycles. The lowest BCUT2D eigenvalue weighted by molar-refractivity contribution is 0.0605. The first-order valence-electron chi connectivity index (χ1n) is 7.28. The molecule has 106 valence electrons. The summed E-state index contributed by atoms with van der Waals surface area (Å²) in [5.41, 5.74) is 2.67. The quantitative estimate of drug-likeness (QED) is 0.877. The van der Waals surface area contributed by atoms with Crippen LogP contribution >= 0.6 is 11.6 Å². The van der Waals surface area contributed by atoms with Crippen molar-refractivity contribution in [3.8, 4) is 0 Å². The maximum Gasteiger partial charge on any atom is 0.0468 e. The molecule has 0 bridgehead atoms. The van der Waals surface area contributed by atoms with Crippen molar-refractivity contribution in [1.29, 1.82) is 0 Å². The standard InChI is InChI=1S/C16H24ClNO/c1-3-18-16(10-13-6-8-19-9-7-13)15-11-14(17)5-4-12(15)2/h4-5,11,13,16,18H,3,6-10H2,1-2H3. The summed E-state index contributed by atoms with van der Waals surface area (Å²) >= 11 is 6.16. The summed E-state index contributed by atoms with van der Waals surface area (Å²) in [5, 5.41) is 4.44. The van der Waals surface area contributed by atoms with Crippen LogP contribution in [0.15, 0.2) is 18.2 Å². The molecule has 1 unspecified atom stereocenters. The summed E-state index contributed by atoms with van der Waals surface area (Å²) in [4.78, 5) is 0. The van der Waals surface area contributed by atoms with E-state index in [2.05, 4.69) is 31.3 Å². The van der Waals surface area contributed by atoms with Crippen LogP contribution < -0.4 is 5.32 Å². The minimum Gasteiger partial charge on any atom is -0.381 e. The topological polar surface area (TPSA) is 21.3 Å². The predicted molar refractivity (Wildman–Crippen MR) is 80.8 cm³/mol.